The van der Waals surface area contributed by atoms with Gasteiger partial charge in [-0.2, -0.15) is 5.10 Å². The summed E-state index contributed by atoms with van der Waals surface area (Å²) in [4.78, 5) is 12.2. The van der Waals surface area contributed by atoms with Crippen LogP contribution >= 0.6 is 0 Å². The quantitative estimate of drug-likeness (QED) is 0.685. The highest BCUT2D eigenvalue weighted by Gasteiger charge is 2.19. The number of hydrogen-bond donors (Lipinski definition) is 0. The molecular formula is C13H22N2O2. The van der Waals surface area contributed by atoms with Gasteiger partial charge in [-0.3, -0.25) is 9.48 Å². The van der Waals surface area contributed by atoms with Gasteiger partial charge in [0.05, 0.1) is 5.69 Å². The number of ketones is 1. The summed E-state index contributed by atoms with van der Waals surface area (Å²) in [6.45, 7) is 7.35. The number of aromatic nitrogens is 2. The second kappa shape index (κ2) is 6.55. The van der Waals surface area contributed by atoms with E-state index in [1.807, 2.05) is 26.8 Å². The standard InChI is InChI=1S/C13H22N2O2/c1-5-11-9-12(15(6-2)14-11)13(16)10(3)7-8-17-4/h9-10H,5-8H2,1-4H3. The number of aryl methyl sites for hydroxylation is 2. The van der Waals surface area contributed by atoms with Crippen LogP contribution < -0.4 is 0 Å². The van der Waals surface area contributed by atoms with Crippen molar-refractivity contribution in [3.8, 4) is 0 Å². The molecule has 0 aliphatic heterocycles. The smallest absolute Gasteiger partial charge is 0.183 e. The summed E-state index contributed by atoms with van der Waals surface area (Å²) in [6.07, 6.45) is 1.62. The molecule has 4 nitrogen and oxygen atoms in total. The van der Waals surface area contributed by atoms with Crippen LogP contribution in [0.2, 0.25) is 0 Å². The molecule has 96 valence electrons. The minimum atomic E-state index is -0.0124. The molecule has 0 saturated heterocycles. The number of ether oxygens (including phenoxy) is 1. The first-order chi connectivity index (χ1) is 8.13. The molecule has 1 atom stereocenters. The van der Waals surface area contributed by atoms with E-state index in [1.54, 1.807) is 11.8 Å². The number of Topliss-reactive ketones (excluding diaryl/α,β-unsaturated/α-hetero) is 1. The lowest BCUT2D eigenvalue weighted by atomic mass is 10.00. The number of nitrogens with zero attached hydrogens (tertiary/aromatic N) is 2. The van der Waals surface area contributed by atoms with Gasteiger partial charge in [0, 0.05) is 26.2 Å². The number of carbonyl (C=O) groups is 1. The monoisotopic (exact) mass is 238 g/mol. The Morgan fingerprint density at radius 2 is 2.24 bits per heavy atom. The van der Waals surface area contributed by atoms with Crippen LogP contribution in [-0.4, -0.2) is 29.3 Å². The fourth-order valence-electron chi connectivity index (χ4n) is 1.76. The molecule has 0 aliphatic carbocycles. The molecule has 0 aliphatic rings. The van der Waals surface area contributed by atoms with Crippen molar-refractivity contribution in [1.82, 2.24) is 9.78 Å². The summed E-state index contributed by atoms with van der Waals surface area (Å²) in [5.41, 5.74) is 1.71. The van der Waals surface area contributed by atoms with Gasteiger partial charge in [0.1, 0.15) is 5.69 Å². The number of hydrogen-bond acceptors (Lipinski definition) is 3. The van der Waals surface area contributed by atoms with Crippen molar-refractivity contribution in [3.63, 3.8) is 0 Å². The SMILES string of the molecule is CCc1cc(C(=O)C(C)CCOC)n(CC)n1. The summed E-state index contributed by atoms with van der Waals surface area (Å²) in [5, 5.41) is 4.40. The second-order valence-electron chi connectivity index (χ2n) is 4.24. The molecule has 1 aromatic heterocycles. The van der Waals surface area contributed by atoms with Gasteiger partial charge >= 0.3 is 0 Å². The van der Waals surface area contributed by atoms with Crippen molar-refractivity contribution >= 4 is 5.78 Å². The highest BCUT2D eigenvalue weighted by molar-refractivity contribution is 5.96. The zero-order chi connectivity index (χ0) is 12.8. The fraction of sp³-hybridized carbons (Fsp3) is 0.692. The van der Waals surface area contributed by atoms with Crippen molar-refractivity contribution < 1.29 is 9.53 Å². The maximum absolute atomic E-state index is 12.2. The van der Waals surface area contributed by atoms with E-state index in [-0.39, 0.29) is 11.7 Å². The Morgan fingerprint density at radius 1 is 1.53 bits per heavy atom. The molecule has 1 rings (SSSR count). The van der Waals surface area contributed by atoms with E-state index in [4.69, 9.17) is 4.74 Å². The molecule has 0 saturated carbocycles. The molecule has 0 N–H and O–H groups in total. The van der Waals surface area contributed by atoms with Crippen LogP contribution in [0.15, 0.2) is 6.07 Å². The Bertz CT molecular complexity index is 371. The molecule has 0 radical (unpaired) electrons. The van der Waals surface area contributed by atoms with Crippen LogP contribution in [-0.2, 0) is 17.7 Å². The number of methoxy groups -OCH3 is 1. The summed E-state index contributed by atoms with van der Waals surface area (Å²) < 4.78 is 6.80. The zero-order valence-corrected chi connectivity index (χ0v) is 11.2. The fourth-order valence-corrected chi connectivity index (χ4v) is 1.76. The first kappa shape index (κ1) is 13.9. The van der Waals surface area contributed by atoms with Gasteiger partial charge in [0.25, 0.3) is 0 Å². The summed E-state index contributed by atoms with van der Waals surface area (Å²) >= 11 is 0. The zero-order valence-electron chi connectivity index (χ0n) is 11.2. The van der Waals surface area contributed by atoms with E-state index in [0.29, 0.717) is 6.61 Å². The van der Waals surface area contributed by atoms with Crippen molar-refractivity contribution in [2.75, 3.05) is 13.7 Å². The highest BCUT2D eigenvalue weighted by atomic mass is 16.5. The van der Waals surface area contributed by atoms with Crippen LogP contribution in [0.3, 0.4) is 0 Å². The van der Waals surface area contributed by atoms with Crippen molar-refractivity contribution in [2.45, 2.75) is 40.2 Å². The number of carbonyl (C=O) groups excluding carboxylic acids is 1. The second-order valence-corrected chi connectivity index (χ2v) is 4.24. The molecular weight excluding hydrogens is 216 g/mol. The Kier molecular flexibility index (Phi) is 5.35. The third-order valence-corrected chi connectivity index (χ3v) is 2.95. The molecule has 0 fully saturated rings. The van der Waals surface area contributed by atoms with Crippen LogP contribution in [0.4, 0.5) is 0 Å². The molecule has 0 spiro atoms. The Balaban J connectivity index is 2.83. The lowest BCUT2D eigenvalue weighted by molar-refractivity contribution is 0.0883. The van der Waals surface area contributed by atoms with E-state index in [1.165, 1.54) is 0 Å². The van der Waals surface area contributed by atoms with Crippen LogP contribution in [0.5, 0.6) is 0 Å². The summed E-state index contributed by atoms with van der Waals surface area (Å²) in [6, 6.07) is 1.91. The van der Waals surface area contributed by atoms with Crippen molar-refractivity contribution in [1.29, 1.82) is 0 Å². The lowest BCUT2D eigenvalue weighted by Crippen LogP contribution is -2.17. The molecule has 1 aromatic rings. The molecule has 0 aromatic carbocycles. The molecule has 1 heterocycles. The third kappa shape index (κ3) is 3.40. The maximum atomic E-state index is 12.2. The third-order valence-electron chi connectivity index (χ3n) is 2.95. The average molecular weight is 238 g/mol. The average Bonchev–Trinajstić information content (AvgIpc) is 2.78. The van der Waals surface area contributed by atoms with Crippen LogP contribution in [0, 0.1) is 5.92 Å². The minimum absolute atomic E-state index is 0.0124. The van der Waals surface area contributed by atoms with E-state index < -0.39 is 0 Å². The van der Waals surface area contributed by atoms with Crippen molar-refractivity contribution in [2.24, 2.45) is 5.92 Å². The van der Waals surface area contributed by atoms with E-state index in [9.17, 15) is 4.79 Å². The maximum Gasteiger partial charge on any atom is 0.183 e. The van der Waals surface area contributed by atoms with Gasteiger partial charge in [0.15, 0.2) is 5.78 Å². The van der Waals surface area contributed by atoms with Gasteiger partial charge in [0.2, 0.25) is 0 Å². The first-order valence-corrected chi connectivity index (χ1v) is 6.23. The van der Waals surface area contributed by atoms with Gasteiger partial charge in [-0.15, -0.1) is 0 Å². The van der Waals surface area contributed by atoms with Crippen LogP contribution in [0.1, 0.15) is 43.4 Å². The Morgan fingerprint density at radius 3 is 2.76 bits per heavy atom. The van der Waals surface area contributed by atoms with E-state index in [0.717, 1.165) is 30.8 Å². The first-order valence-electron chi connectivity index (χ1n) is 6.23. The topological polar surface area (TPSA) is 44.1 Å². The predicted octanol–water partition coefficient (Wildman–Crippen LogP) is 2.32. The number of rotatable bonds is 7. The van der Waals surface area contributed by atoms with Gasteiger partial charge in [-0.05, 0) is 25.8 Å². The Hall–Kier alpha value is -1.16. The molecule has 0 bridgehead atoms. The minimum Gasteiger partial charge on any atom is -0.385 e. The van der Waals surface area contributed by atoms with Gasteiger partial charge in [-0.1, -0.05) is 13.8 Å². The normalized spacial score (nSPS) is 12.7. The van der Waals surface area contributed by atoms with Gasteiger partial charge in [-0.25, -0.2) is 0 Å². The van der Waals surface area contributed by atoms with Gasteiger partial charge < -0.3 is 4.74 Å². The lowest BCUT2D eigenvalue weighted by Gasteiger charge is -2.10. The highest BCUT2D eigenvalue weighted by Crippen LogP contribution is 2.14. The molecule has 1 unspecified atom stereocenters. The summed E-state index contributed by atoms with van der Waals surface area (Å²) in [7, 11) is 1.66. The Labute approximate surface area is 103 Å². The van der Waals surface area contributed by atoms with Crippen molar-refractivity contribution in [3.05, 3.63) is 17.5 Å². The predicted molar refractivity (Wildman–Crippen MR) is 67.3 cm³/mol. The summed E-state index contributed by atoms with van der Waals surface area (Å²) in [5.74, 6) is 0.151. The van der Waals surface area contributed by atoms with Crippen LogP contribution in [0.25, 0.3) is 0 Å². The van der Waals surface area contributed by atoms with E-state index in [2.05, 4.69) is 5.10 Å². The molecule has 17 heavy (non-hydrogen) atoms. The molecule has 4 heteroatoms. The van der Waals surface area contributed by atoms with E-state index >= 15 is 0 Å². The molecule has 0 amide bonds. The largest absolute Gasteiger partial charge is 0.385 e.